The molecule has 1 fully saturated rings. The Bertz CT molecular complexity index is 341. The largest absolute Gasteiger partial charge is 0.481 e. The molecule has 2 atom stereocenters. The summed E-state index contributed by atoms with van der Waals surface area (Å²) in [6.07, 6.45) is 20.6. The molecule has 0 aromatic carbocycles. The first-order valence-electron chi connectivity index (χ1n) is 9.87. The van der Waals surface area contributed by atoms with Crippen LogP contribution in [0.1, 0.15) is 89.9 Å². The number of aliphatic hydroxyl groups is 1. The van der Waals surface area contributed by atoms with Gasteiger partial charge in [0.25, 0.3) is 0 Å². The van der Waals surface area contributed by atoms with Gasteiger partial charge in [0.15, 0.2) is 0 Å². The first-order valence-corrected chi connectivity index (χ1v) is 9.87. The summed E-state index contributed by atoms with van der Waals surface area (Å²) >= 11 is 0. The van der Waals surface area contributed by atoms with E-state index in [2.05, 4.69) is 12.2 Å². The lowest BCUT2D eigenvalue weighted by Crippen LogP contribution is -1.96. The van der Waals surface area contributed by atoms with E-state index in [1.807, 2.05) is 0 Å². The Balaban J connectivity index is 1.72. The number of unbranched alkanes of at least 4 members (excludes halogenated alkanes) is 9. The van der Waals surface area contributed by atoms with Gasteiger partial charge in [0.2, 0.25) is 0 Å². The maximum Gasteiger partial charge on any atom is 0.303 e. The number of allylic oxidation sites excluding steroid dienone is 2. The molecule has 1 aliphatic heterocycles. The van der Waals surface area contributed by atoms with E-state index in [0.717, 1.165) is 25.7 Å². The van der Waals surface area contributed by atoms with Gasteiger partial charge in [-0.05, 0) is 44.9 Å². The van der Waals surface area contributed by atoms with Crippen LogP contribution in [0.15, 0.2) is 12.2 Å². The lowest BCUT2D eigenvalue weighted by molar-refractivity contribution is -0.137. The Morgan fingerprint density at radius 3 is 1.96 bits per heavy atom. The van der Waals surface area contributed by atoms with Crippen LogP contribution in [-0.2, 0) is 9.53 Å². The minimum absolute atomic E-state index is 0.245. The monoisotopic (exact) mass is 340 g/mol. The predicted molar refractivity (Wildman–Crippen MR) is 97.2 cm³/mol. The van der Waals surface area contributed by atoms with Crippen LogP contribution in [0.4, 0.5) is 0 Å². The Hall–Kier alpha value is -0.870. The number of aliphatic carboxylic acids is 1. The Labute approximate surface area is 147 Å². The summed E-state index contributed by atoms with van der Waals surface area (Å²) in [5.74, 6) is -0.673. The first kappa shape index (κ1) is 21.2. The minimum Gasteiger partial charge on any atom is -0.481 e. The quantitative estimate of drug-likeness (QED) is 0.226. The van der Waals surface area contributed by atoms with Gasteiger partial charge >= 0.3 is 5.97 Å². The smallest absolute Gasteiger partial charge is 0.303 e. The minimum atomic E-state index is -0.673. The fourth-order valence-electron chi connectivity index (χ4n) is 3.08. The molecule has 140 valence electrons. The van der Waals surface area contributed by atoms with E-state index in [9.17, 15) is 4.79 Å². The van der Waals surface area contributed by atoms with Crippen molar-refractivity contribution in [2.24, 2.45) is 0 Å². The second-order valence-corrected chi connectivity index (χ2v) is 6.89. The van der Waals surface area contributed by atoms with E-state index in [1.54, 1.807) is 0 Å². The van der Waals surface area contributed by atoms with Crippen LogP contribution < -0.4 is 0 Å². The van der Waals surface area contributed by atoms with Crippen LogP contribution in [0.25, 0.3) is 0 Å². The lowest BCUT2D eigenvalue weighted by Gasteiger charge is -2.00. The number of rotatable bonds is 17. The van der Waals surface area contributed by atoms with Crippen LogP contribution in [-0.4, -0.2) is 35.0 Å². The van der Waals surface area contributed by atoms with E-state index in [1.165, 1.54) is 57.8 Å². The molecule has 0 amide bonds. The molecule has 0 aromatic heterocycles. The fraction of sp³-hybridized carbons (Fsp3) is 0.850. The molecular weight excluding hydrogens is 304 g/mol. The number of hydrogen-bond donors (Lipinski definition) is 2. The molecule has 1 saturated heterocycles. The van der Waals surface area contributed by atoms with Crippen molar-refractivity contribution in [1.82, 2.24) is 0 Å². The Kier molecular flexibility index (Phi) is 12.8. The summed E-state index contributed by atoms with van der Waals surface area (Å²) < 4.78 is 5.48. The van der Waals surface area contributed by atoms with Crippen LogP contribution in [0.5, 0.6) is 0 Å². The maximum absolute atomic E-state index is 10.4. The maximum atomic E-state index is 10.4. The van der Waals surface area contributed by atoms with E-state index < -0.39 is 5.97 Å². The van der Waals surface area contributed by atoms with Gasteiger partial charge in [0.1, 0.15) is 0 Å². The Morgan fingerprint density at radius 1 is 0.792 bits per heavy atom. The fourth-order valence-corrected chi connectivity index (χ4v) is 3.08. The van der Waals surface area contributed by atoms with Crippen molar-refractivity contribution < 1.29 is 19.7 Å². The molecule has 0 bridgehead atoms. The van der Waals surface area contributed by atoms with Gasteiger partial charge in [-0.2, -0.15) is 0 Å². The molecule has 0 spiro atoms. The van der Waals surface area contributed by atoms with Gasteiger partial charge in [-0.1, -0.05) is 50.7 Å². The van der Waals surface area contributed by atoms with Crippen molar-refractivity contribution in [3.63, 3.8) is 0 Å². The zero-order valence-electron chi connectivity index (χ0n) is 15.1. The molecule has 2 N–H and O–H groups in total. The third kappa shape index (κ3) is 12.5. The number of ether oxygens (including phenoxy) is 1. The molecule has 0 saturated carbocycles. The van der Waals surface area contributed by atoms with Crippen LogP contribution in [0.3, 0.4) is 0 Å². The number of carboxylic acid groups (broad SMARTS) is 1. The standard InChI is InChI=1S/C20H36O4/c21-17-16-19-18(24-19)14-12-10-8-6-4-2-1-3-5-7-9-11-13-15-20(22)23/h4,6,18-19,21H,1-3,5,7-17H2,(H,22,23)/b6-4-/t18-,19+/m1/s1. The number of hydrogen-bond acceptors (Lipinski definition) is 3. The van der Waals surface area contributed by atoms with E-state index in [0.29, 0.717) is 18.6 Å². The van der Waals surface area contributed by atoms with Gasteiger partial charge in [-0.15, -0.1) is 0 Å². The number of aliphatic hydroxyl groups excluding tert-OH is 1. The van der Waals surface area contributed by atoms with Gasteiger partial charge in [-0.3, -0.25) is 4.79 Å². The molecule has 1 heterocycles. The van der Waals surface area contributed by atoms with Crippen molar-refractivity contribution in [1.29, 1.82) is 0 Å². The molecule has 1 aliphatic rings. The van der Waals surface area contributed by atoms with Crippen molar-refractivity contribution in [3.8, 4) is 0 Å². The van der Waals surface area contributed by atoms with Gasteiger partial charge in [0.05, 0.1) is 12.2 Å². The van der Waals surface area contributed by atoms with Crippen molar-refractivity contribution in [3.05, 3.63) is 12.2 Å². The third-order valence-electron chi connectivity index (χ3n) is 4.64. The molecule has 24 heavy (non-hydrogen) atoms. The van der Waals surface area contributed by atoms with Crippen LogP contribution in [0, 0.1) is 0 Å². The average Bonchev–Trinajstić information content (AvgIpc) is 3.29. The molecule has 0 aromatic rings. The third-order valence-corrected chi connectivity index (χ3v) is 4.64. The van der Waals surface area contributed by atoms with E-state index in [-0.39, 0.29) is 6.61 Å². The van der Waals surface area contributed by atoms with Gasteiger partial charge in [0, 0.05) is 13.0 Å². The molecule has 0 unspecified atom stereocenters. The topological polar surface area (TPSA) is 70.1 Å². The predicted octanol–water partition coefficient (Wildman–Crippen LogP) is 4.85. The molecule has 0 aliphatic carbocycles. The number of carbonyl (C=O) groups is 1. The molecular formula is C20H36O4. The van der Waals surface area contributed by atoms with E-state index >= 15 is 0 Å². The average molecular weight is 341 g/mol. The number of epoxide rings is 1. The summed E-state index contributed by atoms with van der Waals surface area (Å²) in [4.78, 5) is 10.4. The van der Waals surface area contributed by atoms with Gasteiger partial charge in [-0.25, -0.2) is 0 Å². The Morgan fingerprint density at radius 2 is 1.33 bits per heavy atom. The first-order chi connectivity index (χ1) is 11.7. The molecule has 4 nitrogen and oxygen atoms in total. The highest BCUT2D eigenvalue weighted by Crippen LogP contribution is 2.29. The summed E-state index contributed by atoms with van der Waals surface area (Å²) in [6, 6.07) is 0. The van der Waals surface area contributed by atoms with Crippen LogP contribution >= 0.6 is 0 Å². The van der Waals surface area contributed by atoms with Crippen molar-refractivity contribution >= 4 is 5.97 Å². The summed E-state index contributed by atoms with van der Waals surface area (Å²) in [5, 5.41) is 17.3. The van der Waals surface area contributed by atoms with Crippen molar-refractivity contribution in [2.75, 3.05) is 6.61 Å². The molecule has 1 rings (SSSR count). The molecule has 4 heteroatoms. The zero-order valence-corrected chi connectivity index (χ0v) is 15.1. The summed E-state index contributed by atoms with van der Waals surface area (Å²) in [7, 11) is 0. The summed E-state index contributed by atoms with van der Waals surface area (Å²) in [5.41, 5.74) is 0. The second kappa shape index (κ2) is 14.5. The summed E-state index contributed by atoms with van der Waals surface area (Å²) in [6.45, 7) is 0.245. The zero-order chi connectivity index (χ0) is 17.5. The highest BCUT2D eigenvalue weighted by molar-refractivity contribution is 5.66. The van der Waals surface area contributed by atoms with Gasteiger partial charge < -0.3 is 14.9 Å². The highest BCUT2D eigenvalue weighted by Gasteiger charge is 2.36. The van der Waals surface area contributed by atoms with Crippen LogP contribution in [0.2, 0.25) is 0 Å². The highest BCUT2D eigenvalue weighted by atomic mass is 16.6. The molecule has 0 radical (unpaired) electrons. The second-order valence-electron chi connectivity index (χ2n) is 6.89. The van der Waals surface area contributed by atoms with E-state index in [4.69, 9.17) is 14.9 Å². The number of carboxylic acids is 1. The lowest BCUT2D eigenvalue weighted by atomic mass is 10.1. The van der Waals surface area contributed by atoms with Crippen molar-refractivity contribution in [2.45, 2.75) is 102 Å². The normalized spacial score (nSPS) is 19.9. The SMILES string of the molecule is O=C(O)CCCCCCCCC/C=C\CCCC[C@H]1O[C@H]1CCO.